The smallest absolute Gasteiger partial charge is 0.235 e. The Bertz CT molecular complexity index is 1380. The molecule has 11 heteroatoms. The SMILES string of the molecule is CN(C)[C@@H]1C(=O)C(C(N)=O)C(=O)[C@@]2(O)C(=O)C3C(=O)c4c(OCc5ccccc5)cnc(Cl)c4C[C@H]3C[C@@H]12. The minimum atomic E-state index is -2.72. The number of hydrogen-bond acceptors (Lipinski definition) is 9. The van der Waals surface area contributed by atoms with Crippen molar-refractivity contribution in [3.63, 3.8) is 0 Å². The van der Waals surface area contributed by atoms with Gasteiger partial charge in [-0.15, -0.1) is 0 Å². The number of nitrogens with zero attached hydrogens (tertiary/aromatic N) is 2. The van der Waals surface area contributed by atoms with E-state index in [1.807, 2.05) is 30.3 Å². The summed E-state index contributed by atoms with van der Waals surface area (Å²) in [6.45, 7) is 0.128. The van der Waals surface area contributed by atoms with Crippen molar-refractivity contribution in [1.29, 1.82) is 0 Å². The first-order valence-corrected chi connectivity index (χ1v) is 12.5. The minimum Gasteiger partial charge on any atom is -0.487 e. The van der Waals surface area contributed by atoms with Crippen LogP contribution < -0.4 is 10.5 Å². The van der Waals surface area contributed by atoms with Gasteiger partial charge in [0.25, 0.3) is 0 Å². The van der Waals surface area contributed by atoms with Crippen LogP contribution in [0.15, 0.2) is 36.5 Å². The number of ether oxygens (including phenoxy) is 1. The highest BCUT2D eigenvalue weighted by Gasteiger charge is 2.69. The van der Waals surface area contributed by atoms with Gasteiger partial charge in [0.2, 0.25) is 5.91 Å². The van der Waals surface area contributed by atoms with Gasteiger partial charge in [-0.1, -0.05) is 41.9 Å². The Morgan fingerprint density at radius 2 is 1.87 bits per heavy atom. The lowest BCUT2D eigenvalue weighted by Crippen LogP contribution is -2.74. The van der Waals surface area contributed by atoms with Gasteiger partial charge < -0.3 is 15.6 Å². The maximum absolute atomic E-state index is 13.9. The van der Waals surface area contributed by atoms with E-state index in [1.54, 1.807) is 14.1 Å². The molecule has 198 valence electrons. The van der Waals surface area contributed by atoms with E-state index < -0.39 is 64.4 Å². The molecule has 5 rings (SSSR count). The zero-order valence-corrected chi connectivity index (χ0v) is 21.5. The summed E-state index contributed by atoms with van der Waals surface area (Å²) >= 11 is 6.39. The molecular formula is C27H26ClN3O7. The molecule has 3 aliphatic carbocycles. The third-order valence-electron chi connectivity index (χ3n) is 7.98. The summed E-state index contributed by atoms with van der Waals surface area (Å²) in [5.74, 6) is -10.0. The molecule has 38 heavy (non-hydrogen) atoms. The summed E-state index contributed by atoms with van der Waals surface area (Å²) in [7, 11) is 3.09. The summed E-state index contributed by atoms with van der Waals surface area (Å²) < 4.78 is 5.90. The van der Waals surface area contributed by atoms with Crippen molar-refractivity contribution in [1.82, 2.24) is 9.88 Å². The fraction of sp³-hybridized carbons (Fsp3) is 0.407. The largest absolute Gasteiger partial charge is 0.487 e. The van der Waals surface area contributed by atoms with Gasteiger partial charge in [0.05, 0.1) is 23.7 Å². The molecule has 2 aromatic rings. The Morgan fingerprint density at radius 3 is 2.50 bits per heavy atom. The molecule has 1 heterocycles. The number of hydrogen-bond donors (Lipinski definition) is 2. The van der Waals surface area contributed by atoms with E-state index in [-0.39, 0.29) is 35.9 Å². The van der Waals surface area contributed by atoms with E-state index in [0.29, 0.717) is 5.56 Å². The van der Waals surface area contributed by atoms with Crippen LogP contribution in [0.5, 0.6) is 5.75 Å². The number of carbonyl (C=O) groups excluding carboxylic acids is 5. The van der Waals surface area contributed by atoms with Crippen LogP contribution in [0.2, 0.25) is 5.15 Å². The second kappa shape index (κ2) is 9.37. The molecule has 3 N–H and O–H groups in total. The van der Waals surface area contributed by atoms with Gasteiger partial charge >= 0.3 is 0 Å². The van der Waals surface area contributed by atoms with Crippen LogP contribution in [0.1, 0.15) is 27.9 Å². The molecule has 2 unspecified atom stereocenters. The zero-order chi connectivity index (χ0) is 27.5. The summed E-state index contributed by atoms with van der Waals surface area (Å²) in [4.78, 5) is 72.0. The second-order valence-electron chi connectivity index (χ2n) is 10.3. The highest BCUT2D eigenvalue weighted by Crippen LogP contribution is 2.51. The van der Waals surface area contributed by atoms with E-state index >= 15 is 0 Å². The maximum Gasteiger partial charge on any atom is 0.235 e. The molecular weight excluding hydrogens is 514 g/mol. The van der Waals surface area contributed by atoms with Crippen molar-refractivity contribution in [2.24, 2.45) is 29.4 Å². The third kappa shape index (κ3) is 3.78. The van der Waals surface area contributed by atoms with Crippen molar-refractivity contribution in [2.75, 3.05) is 14.1 Å². The fourth-order valence-corrected chi connectivity index (χ4v) is 6.51. The number of pyridine rings is 1. The first kappa shape index (κ1) is 26.1. The number of rotatable bonds is 5. The van der Waals surface area contributed by atoms with Gasteiger partial charge in [0.15, 0.2) is 34.7 Å². The van der Waals surface area contributed by atoms with Crippen molar-refractivity contribution >= 4 is 40.6 Å². The highest BCUT2D eigenvalue weighted by atomic mass is 35.5. The molecule has 2 fully saturated rings. The molecule has 10 nitrogen and oxygen atoms in total. The number of halogens is 1. The third-order valence-corrected chi connectivity index (χ3v) is 8.31. The van der Waals surface area contributed by atoms with Crippen LogP contribution >= 0.6 is 11.6 Å². The van der Waals surface area contributed by atoms with E-state index in [4.69, 9.17) is 22.1 Å². The summed E-state index contributed by atoms with van der Waals surface area (Å²) in [5.41, 5.74) is 3.95. The van der Waals surface area contributed by atoms with Crippen LogP contribution in [0.3, 0.4) is 0 Å². The lowest BCUT2D eigenvalue weighted by atomic mass is 9.52. The normalized spacial score (nSPS) is 30.5. The van der Waals surface area contributed by atoms with Crippen molar-refractivity contribution in [2.45, 2.75) is 31.1 Å². The first-order valence-electron chi connectivity index (χ1n) is 12.2. The zero-order valence-electron chi connectivity index (χ0n) is 20.7. The summed E-state index contributed by atoms with van der Waals surface area (Å²) in [6.07, 6.45) is 1.46. The number of amides is 1. The van der Waals surface area contributed by atoms with Gasteiger partial charge in [0, 0.05) is 11.5 Å². The first-order chi connectivity index (χ1) is 18.0. The molecule has 3 aliphatic rings. The van der Waals surface area contributed by atoms with Gasteiger partial charge in [-0.3, -0.25) is 28.9 Å². The summed E-state index contributed by atoms with van der Waals surface area (Å²) in [6, 6.07) is 8.10. The number of benzene rings is 1. The van der Waals surface area contributed by atoms with Crippen molar-refractivity contribution in [3.05, 3.63) is 58.4 Å². The topological polar surface area (TPSA) is 157 Å². The number of likely N-dealkylation sites (N-methyl/N-ethyl adjacent to an activating group) is 1. The Labute approximate surface area is 223 Å². The minimum absolute atomic E-state index is 0.00464. The van der Waals surface area contributed by atoms with E-state index in [1.165, 1.54) is 11.1 Å². The van der Waals surface area contributed by atoms with E-state index in [0.717, 1.165) is 5.56 Å². The molecule has 2 saturated carbocycles. The standard InChI is InChI=1S/C27H26ClN3O7/c1-31(2)20-15-9-13-8-14-18(16(10-30-25(14)28)38-11-12-6-4-3-5-7-12)21(32)17(13)23(34)27(15,37)24(35)19(22(20)33)26(29)36/h3-7,10,13,15,17,19-20,37H,8-9,11H2,1-2H3,(H2,29,36)/t13-,15-,17?,19?,20-,27-/m0/s1. The fourth-order valence-electron chi connectivity index (χ4n) is 6.29. The molecule has 1 aromatic carbocycles. The second-order valence-corrected chi connectivity index (χ2v) is 10.7. The Hall–Kier alpha value is -3.47. The van der Waals surface area contributed by atoms with Crippen LogP contribution in [-0.4, -0.2) is 69.8 Å². The van der Waals surface area contributed by atoms with Crippen molar-refractivity contribution in [3.8, 4) is 5.75 Å². The maximum atomic E-state index is 13.9. The van der Waals surface area contributed by atoms with E-state index in [9.17, 15) is 29.1 Å². The van der Waals surface area contributed by atoms with Crippen LogP contribution in [0.25, 0.3) is 0 Å². The highest BCUT2D eigenvalue weighted by molar-refractivity contribution is 6.33. The quantitative estimate of drug-likeness (QED) is 0.414. The van der Waals surface area contributed by atoms with Crippen LogP contribution in [0.4, 0.5) is 0 Å². The Morgan fingerprint density at radius 1 is 1.18 bits per heavy atom. The number of aromatic nitrogens is 1. The summed E-state index contributed by atoms with van der Waals surface area (Å²) in [5, 5.41) is 11.7. The molecule has 6 atom stereocenters. The molecule has 0 aliphatic heterocycles. The molecule has 1 amide bonds. The molecule has 0 radical (unpaired) electrons. The molecule has 0 bridgehead atoms. The van der Waals surface area contributed by atoms with Gasteiger partial charge in [0.1, 0.15) is 17.5 Å². The van der Waals surface area contributed by atoms with Crippen LogP contribution in [0, 0.1) is 23.7 Å². The Balaban J connectivity index is 1.57. The predicted molar refractivity (Wildman–Crippen MR) is 133 cm³/mol. The van der Waals surface area contributed by atoms with Crippen molar-refractivity contribution < 1.29 is 33.8 Å². The predicted octanol–water partition coefficient (Wildman–Crippen LogP) is 0.789. The van der Waals surface area contributed by atoms with Gasteiger partial charge in [-0.25, -0.2) is 4.98 Å². The number of Topliss-reactive ketones (excluding diaryl/α,β-unsaturated/α-hetero) is 4. The number of aliphatic hydroxyl groups is 1. The number of nitrogens with two attached hydrogens (primary N) is 1. The number of carbonyl (C=O) groups is 5. The Kier molecular flexibility index (Phi) is 6.45. The number of primary amides is 1. The molecule has 0 saturated heterocycles. The van der Waals surface area contributed by atoms with Gasteiger partial charge in [-0.2, -0.15) is 0 Å². The van der Waals surface area contributed by atoms with Crippen LogP contribution in [-0.2, 0) is 32.2 Å². The lowest BCUT2D eigenvalue weighted by molar-refractivity contribution is -0.181. The molecule has 0 spiro atoms. The average molecular weight is 540 g/mol. The van der Waals surface area contributed by atoms with E-state index in [2.05, 4.69) is 4.98 Å². The monoisotopic (exact) mass is 539 g/mol. The number of fused-ring (bicyclic) bond motifs is 3. The lowest BCUT2D eigenvalue weighted by Gasteiger charge is -2.52. The molecule has 1 aromatic heterocycles. The number of ketones is 4. The average Bonchev–Trinajstić information content (AvgIpc) is 2.86. The van der Waals surface area contributed by atoms with Gasteiger partial charge in [-0.05, 0) is 38.4 Å².